The van der Waals surface area contributed by atoms with E-state index in [1.807, 2.05) is 12.1 Å². The summed E-state index contributed by atoms with van der Waals surface area (Å²) in [5, 5.41) is 7.84. The maximum atomic E-state index is 12.4. The van der Waals surface area contributed by atoms with Gasteiger partial charge in [0, 0.05) is 0 Å². The summed E-state index contributed by atoms with van der Waals surface area (Å²) in [7, 11) is -2.11. The van der Waals surface area contributed by atoms with Crippen LogP contribution in [-0.4, -0.2) is 25.7 Å². The molecule has 1 aromatic heterocycles. The van der Waals surface area contributed by atoms with Gasteiger partial charge in [0.1, 0.15) is 5.75 Å². The van der Waals surface area contributed by atoms with E-state index in [1.54, 1.807) is 50.4 Å². The van der Waals surface area contributed by atoms with Crippen molar-refractivity contribution < 1.29 is 17.6 Å². The molecular weight excluding hydrogens is 342 g/mol. The van der Waals surface area contributed by atoms with Gasteiger partial charge in [-0.2, -0.15) is 0 Å². The number of rotatable bonds is 6. The Morgan fingerprint density at radius 3 is 2.56 bits per heavy atom. The number of nitrogens with one attached hydrogen (secondary N) is 1. The van der Waals surface area contributed by atoms with Gasteiger partial charge in [-0.3, -0.25) is 0 Å². The molecule has 7 nitrogen and oxygen atoms in total. The van der Waals surface area contributed by atoms with Crippen LogP contribution < -0.4 is 9.46 Å². The van der Waals surface area contributed by atoms with Crippen LogP contribution >= 0.6 is 0 Å². The van der Waals surface area contributed by atoms with Crippen LogP contribution in [0.1, 0.15) is 11.5 Å². The fourth-order valence-corrected chi connectivity index (χ4v) is 3.57. The van der Waals surface area contributed by atoms with Gasteiger partial charge in [0.25, 0.3) is 5.89 Å². The molecule has 3 rings (SSSR count). The quantitative estimate of drug-likeness (QED) is 0.727. The first-order chi connectivity index (χ1) is 12.0. The van der Waals surface area contributed by atoms with Crippen molar-refractivity contribution in [1.82, 2.24) is 14.9 Å². The first-order valence-electron chi connectivity index (χ1n) is 7.52. The molecule has 25 heavy (non-hydrogen) atoms. The van der Waals surface area contributed by atoms with Crippen LogP contribution in [0.15, 0.2) is 57.8 Å². The summed E-state index contributed by atoms with van der Waals surface area (Å²) in [5.41, 5.74) is 1.31. The molecule has 3 aromatic rings. The molecule has 0 unspecified atom stereocenters. The fourth-order valence-electron chi connectivity index (χ4n) is 2.35. The lowest BCUT2D eigenvalue weighted by Gasteiger charge is -2.07. The van der Waals surface area contributed by atoms with E-state index in [0.29, 0.717) is 16.9 Å². The maximum absolute atomic E-state index is 12.4. The van der Waals surface area contributed by atoms with Crippen molar-refractivity contribution in [3.05, 3.63) is 60.0 Å². The standard InChI is InChI=1S/C17H17N3O4S/c1-12-7-3-6-10-15(12)25(21,22)18-11-16-19-20-17(24-16)13-8-4-5-9-14(13)23-2/h3-10,18H,11H2,1-2H3. The number of aromatic nitrogens is 2. The highest BCUT2D eigenvalue weighted by Crippen LogP contribution is 2.28. The molecule has 8 heteroatoms. The second-order valence-electron chi connectivity index (χ2n) is 5.29. The molecule has 130 valence electrons. The molecule has 0 aliphatic rings. The van der Waals surface area contributed by atoms with Crippen molar-refractivity contribution >= 4 is 10.0 Å². The summed E-state index contributed by atoms with van der Waals surface area (Å²) >= 11 is 0. The van der Waals surface area contributed by atoms with Crippen molar-refractivity contribution in [3.63, 3.8) is 0 Å². The molecule has 2 aromatic carbocycles. The zero-order chi connectivity index (χ0) is 17.9. The van der Waals surface area contributed by atoms with Crippen molar-refractivity contribution in [3.8, 4) is 17.2 Å². The van der Waals surface area contributed by atoms with Crippen molar-refractivity contribution in [2.45, 2.75) is 18.4 Å². The fraction of sp³-hybridized carbons (Fsp3) is 0.176. The summed E-state index contributed by atoms with van der Waals surface area (Å²) in [5.74, 6) is 1.03. The summed E-state index contributed by atoms with van der Waals surface area (Å²) in [6, 6.07) is 14.0. The SMILES string of the molecule is COc1ccccc1-c1nnc(CNS(=O)(=O)c2ccccc2C)o1. The highest BCUT2D eigenvalue weighted by molar-refractivity contribution is 7.89. The summed E-state index contributed by atoms with van der Waals surface area (Å²) in [6.45, 7) is 1.64. The molecule has 0 saturated heterocycles. The monoisotopic (exact) mass is 359 g/mol. The van der Waals surface area contributed by atoms with E-state index in [9.17, 15) is 8.42 Å². The first-order valence-corrected chi connectivity index (χ1v) is 9.00. The first kappa shape index (κ1) is 17.1. The molecule has 0 spiro atoms. The normalized spacial score (nSPS) is 11.4. The van der Waals surface area contributed by atoms with Crippen LogP contribution in [0.2, 0.25) is 0 Å². The number of methoxy groups -OCH3 is 1. The number of sulfonamides is 1. The molecule has 0 bridgehead atoms. The van der Waals surface area contributed by atoms with E-state index in [2.05, 4.69) is 14.9 Å². The molecular formula is C17H17N3O4S. The Balaban J connectivity index is 1.77. The Bertz CT molecular complexity index is 983. The third-order valence-electron chi connectivity index (χ3n) is 3.60. The minimum Gasteiger partial charge on any atom is -0.496 e. The number of aryl methyl sites for hydroxylation is 1. The van der Waals surface area contributed by atoms with Gasteiger partial charge in [-0.25, -0.2) is 13.1 Å². The highest BCUT2D eigenvalue weighted by atomic mass is 32.2. The van der Waals surface area contributed by atoms with Gasteiger partial charge in [-0.05, 0) is 30.7 Å². The van der Waals surface area contributed by atoms with E-state index >= 15 is 0 Å². The van der Waals surface area contributed by atoms with Crippen molar-refractivity contribution in [2.24, 2.45) is 0 Å². The Kier molecular flexibility index (Phi) is 4.82. The van der Waals surface area contributed by atoms with E-state index in [1.165, 1.54) is 0 Å². The van der Waals surface area contributed by atoms with Crippen LogP contribution in [0.3, 0.4) is 0 Å². The van der Waals surface area contributed by atoms with Gasteiger partial charge in [-0.1, -0.05) is 30.3 Å². The Morgan fingerprint density at radius 1 is 1.08 bits per heavy atom. The molecule has 0 atom stereocenters. The van der Waals surface area contributed by atoms with Crippen LogP contribution in [0, 0.1) is 6.92 Å². The Labute approximate surface area is 145 Å². The van der Waals surface area contributed by atoms with E-state index in [0.717, 1.165) is 0 Å². The van der Waals surface area contributed by atoms with Gasteiger partial charge in [-0.15, -0.1) is 10.2 Å². The van der Waals surface area contributed by atoms with Gasteiger partial charge in [0.15, 0.2) is 0 Å². The lowest BCUT2D eigenvalue weighted by molar-refractivity contribution is 0.413. The second-order valence-corrected chi connectivity index (χ2v) is 7.03. The van der Waals surface area contributed by atoms with Gasteiger partial charge in [0.05, 0.1) is 24.1 Å². The highest BCUT2D eigenvalue weighted by Gasteiger charge is 2.18. The smallest absolute Gasteiger partial charge is 0.251 e. The lowest BCUT2D eigenvalue weighted by atomic mass is 10.2. The zero-order valence-electron chi connectivity index (χ0n) is 13.8. The van der Waals surface area contributed by atoms with Crippen molar-refractivity contribution in [1.29, 1.82) is 0 Å². The van der Waals surface area contributed by atoms with Crippen LogP contribution in [0.5, 0.6) is 5.75 Å². The van der Waals surface area contributed by atoms with Crippen molar-refractivity contribution in [2.75, 3.05) is 7.11 Å². The Hall–Kier alpha value is -2.71. The largest absolute Gasteiger partial charge is 0.496 e. The lowest BCUT2D eigenvalue weighted by Crippen LogP contribution is -2.24. The molecule has 0 aliphatic carbocycles. The van der Waals surface area contributed by atoms with E-state index < -0.39 is 10.0 Å². The number of benzene rings is 2. The summed E-state index contributed by atoms with van der Waals surface area (Å²) in [4.78, 5) is 0.222. The number of hydrogen-bond donors (Lipinski definition) is 1. The molecule has 1 N–H and O–H groups in total. The zero-order valence-corrected chi connectivity index (χ0v) is 14.6. The summed E-state index contributed by atoms with van der Waals surface area (Å²) < 4.78 is 38.0. The number of nitrogens with zero attached hydrogens (tertiary/aromatic N) is 2. The maximum Gasteiger partial charge on any atom is 0.251 e. The number of para-hydroxylation sites is 1. The average Bonchev–Trinajstić information content (AvgIpc) is 3.09. The number of hydrogen-bond acceptors (Lipinski definition) is 6. The molecule has 0 amide bonds. The molecule has 1 heterocycles. The van der Waals surface area contributed by atoms with Crippen LogP contribution in [0.4, 0.5) is 0 Å². The van der Waals surface area contributed by atoms with Crippen LogP contribution in [-0.2, 0) is 16.6 Å². The molecule has 0 aliphatic heterocycles. The molecule has 0 radical (unpaired) electrons. The minimum absolute atomic E-state index is 0.0984. The predicted molar refractivity (Wildman–Crippen MR) is 91.5 cm³/mol. The van der Waals surface area contributed by atoms with E-state index in [4.69, 9.17) is 9.15 Å². The third kappa shape index (κ3) is 3.70. The van der Waals surface area contributed by atoms with E-state index in [-0.39, 0.29) is 23.2 Å². The van der Waals surface area contributed by atoms with Gasteiger partial charge >= 0.3 is 0 Å². The van der Waals surface area contributed by atoms with Crippen LogP contribution in [0.25, 0.3) is 11.5 Å². The minimum atomic E-state index is -3.66. The second kappa shape index (κ2) is 7.04. The third-order valence-corrected chi connectivity index (χ3v) is 5.16. The predicted octanol–water partition coefficient (Wildman–Crippen LogP) is 2.53. The van der Waals surface area contributed by atoms with Gasteiger partial charge in [0.2, 0.25) is 15.9 Å². The molecule has 0 saturated carbocycles. The topological polar surface area (TPSA) is 94.3 Å². The Morgan fingerprint density at radius 2 is 1.80 bits per heavy atom. The molecule has 0 fully saturated rings. The van der Waals surface area contributed by atoms with Gasteiger partial charge < -0.3 is 9.15 Å². The number of ether oxygens (including phenoxy) is 1. The summed E-state index contributed by atoms with van der Waals surface area (Å²) in [6.07, 6.45) is 0. The average molecular weight is 359 g/mol.